The average Bonchev–Trinajstić information content (AvgIpc) is 2.93. The zero-order valence-electron chi connectivity index (χ0n) is 13.7. The highest BCUT2D eigenvalue weighted by Crippen LogP contribution is 2.47. The van der Waals surface area contributed by atoms with Gasteiger partial charge in [0.1, 0.15) is 24.1 Å². The maximum Gasteiger partial charge on any atom is 0.205 e. The van der Waals surface area contributed by atoms with Crippen LogP contribution in [0.15, 0.2) is 35.2 Å². The number of nitriles is 1. The Morgan fingerprint density at radius 3 is 2.96 bits per heavy atom. The minimum absolute atomic E-state index is 0.0185. The lowest BCUT2D eigenvalue weighted by molar-refractivity contribution is -0.119. The van der Waals surface area contributed by atoms with Gasteiger partial charge in [0.05, 0.1) is 18.7 Å². The fraction of sp³-hybridized carbons (Fsp3) is 0.471. The minimum atomic E-state index is -0.601. The van der Waals surface area contributed by atoms with E-state index >= 15 is 0 Å². The van der Waals surface area contributed by atoms with Crippen molar-refractivity contribution in [2.75, 3.05) is 6.67 Å². The van der Waals surface area contributed by atoms with Crippen LogP contribution in [-0.2, 0) is 16.1 Å². The molecule has 1 aliphatic carbocycles. The first kappa shape index (κ1) is 16.2. The van der Waals surface area contributed by atoms with Crippen molar-refractivity contribution in [2.45, 2.75) is 39.2 Å². The van der Waals surface area contributed by atoms with Crippen LogP contribution in [0, 0.1) is 16.7 Å². The van der Waals surface area contributed by atoms with E-state index in [1.165, 1.54) is 4.68 Å². The van der Waals surface area contributed by atoms with Crippen molar-refractivity contribution in [2.24, 2.45) is 11.1 Å². The summed E-state index contributed by atoms with van der Waals surface area (Å²) in [6.45, 7) is 3.56. The van der Waals surface area contributed by atoms with Crippen LogP contribution >= 0.6 is 0 Å². The van der Waals surface area contributed by atoms with Crippen molar-refractivity contribution in [3.63, 3.8) is 0 Å². The van der Waals surface area contributed by atoms with Crippen LogP contribution in [0.25, 0.3) is 0 Å². The van der Waals surface area contributed by atoms with Crippen molar-refractivity contribution in [3.05, 3.63) is 40.7 Å². The molecule has 0 aromatic carbocycles. The summed E-state index contributed by atoms with van der Waals surface area (Å²) in [4.78, 5) is 12.7. The third-order valence-electron chi connectivity index (χ3n) is 4.38. The topological polar surface area (TPSA) is 93.9 Å². The molecule has 2 aliphatic rings. The number of alkyl halides is 1. The summed E-state index contributed by atoms with van der Waals surface area (Å²) in [5.74, 6) is -0.110. The number of aromatic nitrogens is 2. The minimum Gasteiger partial charge on any atom is -0.444 e. The SMILES string of the molecule is CC1(C)CC(=O)C2=C(C1)OC(N)=C(C#N)[C@@H]2c1cnn(CCF)c1. The quantitative estimate of drug-likeness (QED) is 0.918. The van der Waals surface area contributed by atoms with E-state index in [1.54, 1.807) is 12.4 Å². The van der Waals surface area contributed by atoms with Crippen molar-refractivity contribution in [3.8, 4) is 6.07 Å². The molecule has 1 aromatic heterocycles. The number of aryl methyl sites for hydroxylation is 1. The molecule has 126 valence electrons. The molecule has 0 spiro atoms. The first-order valence-electron chi connectivity index (χ1n) is 7.78. The van der Waals surface area contributed by atoms with E-state index in [0.717, 1.165) is 0 Å². The molecule has 0 bridgehead atoms. The molecule has 1 aromatic rings. The van der Waals surface area contributed by atoms with Gasteiger partial charge in [-0.2, -0.15) is 10.4 Å². The number of ether oxygens (including phenoxy) is 1. The standard InChI is InChI=1S/C17H19FN4O2/c1-17(2)5-12(23)15-13(6-17)24-16(20)11(7-19)14(15)10-8-21-22(9-10)4-3-18/h8-9,14H,3-6,20H2,1-2H3/t14-/m0/s1. The van der Waals surface area contributed by atoms with Crippen LogP contribution in [0.4, 0.5) is 4.39 Å². The molecule has 0 saturated heterocycles. The van der Waals surface area contributed by atoms with E-state index in [0.29, 0.717) is 29.7 Å². The van der Waals surface area contributed by atoms with Gasteiger partial charge in [-0.25, -0.2) is 4.39 Å². The van der Waals surface area contributed by atoms with Crippen molar-refractivity contribution >= 4 is 5.78 Å². The molecule has 2 N–H and O–H groups in total. The van der Waals surface area contributed by atoms with Crippen LogP contribution in [0.1, 0.15) is 38.2 Å². The summed E-state index contributed by atoms with van der Waals surface area (Å²) < 4.78 is 19.6. The maximum absolute atomic E-state index is 12.7. The van der Waals surface area contributed by atoms with Crippen molar-refractivity contribution in [1.82, 2.24) is 9.78 Å². The Morgan fingerprint density at radius 2 is 2.29 bits per heavy atom. The molecular weight excluding hydrogens is 311 g/mol. The number of ketones is 1. The lowest BCUT2D eigenvalue weighted by atomic mass is 9.70. The van der Waals surface area contributed by atoms with Gasteiger partial charge < -0.3 is 10.5 Å². The molecule has 1 atom stereocenters. The lowest BCUT2D eigenvalue weighted by Gasteiger charge is -2.36. The van der Waals surface area contributed by atoms with E-state index in [9.17, 15) is 14.4 Å². The largest absolute Gasteiger partial charge is 0.444 e. The van der Waals surface area contributed by atoms with Crippen molar-refractivity contribution in [1.29, 1.82) is 5.26 Å². The fourth-order valence-corrected chi connectivity index (χ4v) is 3.36. The first-order valence-corrected chi connectivity index (χ1v) is 7.78. The number of hydrogen-bond donors (Lipinski definition) is 1. The van der Waals surface area contributed by atoms with Gasteiger partial charge in [0.25, 0.3) is 0 Å². The molecule has 3 rings (SSSR count). The Hall–Kier alpha value is -2.62. The molecule has 0 fully saturated rings. The molecule has 7 heteroatoms. The average molecular weight is 330 g/mol. The summed E-state index contributed by atoms with van der Waals surface area (Å²) in [6, 6.07) is 2.05. The molecular formula is C17H19FN4O2. The number of carbonyl (C=O) groups is 1. The predicted octanol–water partition coefficient (Wildman–Crippen LogP) is 2.30. The van der Waals surface area contributed by atoms with Gasteiger partial charge in [0.15, 0.2) is 5.78 Å². The van der Waals surface area contributed by atoms with Gasteiger partial charge in [-0.05, 0) is 5.41 Å². The number of nitrogens with two attached hydrogens (primary N) is 1. The molecule has 2 heterocycles. The van der Waals surface area contributed by atoms with Crippen molar-refractivity contribution < 1.29 is 13.9 Å². The zero-order chi connectivity index (χ0) is 17.5. The summed E-state index contributed by atoms with van der Waals surface area (Å²) in [6.07, 6.45) is 4.15. The number of halogens is 1. The summed E-state index contributed by atoms with van der Waals surface area (Å²) in [5, 5.41) is 13.6. The molecule has 0 unspecified atom stereocenters. The molecule has 0 amide bonds. The monoisotopic (exact) mass is 330 g/mol. The normalized spacial score (nSPS) is 22.9. The van der Waals surface area contributed by atoms with E-state index < -0.39 is 12.6 Å². The summed E-state index contributed by atoms with van der Waals surface area (Å²) >= 11 is 0. The van der Waals surface area contributed by atoms with Gasteiger partial charge in [-0.15, -0.1) is 0 Å². The highest BCUT2D eigenvalue weighted by atomic mass is 19.1. The smallest absolute Gasteiger partial charge is 0.205 e. The van der Waals surface area contributed by atoms with Gasteiger partial charge >= 0.3 is 0 Å². The molecule has 24 heavy (non-hydrogen) atoms. The van der Waals surface area contributed by atoms with Crippen LogP contribution in [0.5, 0.6) is 0 Å². The Kier molecular flexibility index (Phi) is 3.91. The number of rotatable bonds is 3. The first-order chi connectivity index (χ1) is 11.4. The Labute approximate surface area is 139 Å². The Morgan fingerprint density at radius 1 is 1.54 bits per heavy atom. The molecule has 0 radical (unpaired) electrons. The van der Waals surface area contributed by atoms with Gasteiger partial charge in [0, 0.05) is 30.2 Å². The predicted molar refractivity (Wildman–Crippen MR) is 83.9 cm³/mol. The van der Waals surface area contributed by atoms with E-state index in [2.05, 4.69) is 5.10 Å². The summed E-state index contributed by atoms with van der Waals surface area (Å²) in [5.41, 5.74) is 7.02. The second-order valence-electron chi connectivity index (χ2n) is 6.93. The van der Waals surface area contributed by atoms with Gasteiger partial charge in [-0.3, -0.25) is 9.48 Å². The number of allylic oxidation sites excluding steroid dienone is 3. The number of Topliss-reactive ketones (excluding diaryl/α,β-unsaturated/α-hetero) is 1. The van der Waals surface area contributed by atoms with Crippen LogP contribution in [0.2, 0.25) is 0 Å². The van der Waals surface area contributed by atoms with E-state index in [4.69, 9.17) is 10.5 Å². The van der Waals surface area contributed by atoms with Crippen LogP contribution < -0.4 is 5.73 Å². The Balaban J connectivity index is 2.11. The van der Waals surface area contributed by atoms with Gasteiger partial charge in [0.2, 0.25) is 5.88 Å². The second kappa shape index (κ2) is 5.78. The third kappa shape index (κ3) is 2.68. The summed E-state index contributed by atoms with van der Waals surface area (Å²) in [7, 11) is 0. The Bertz CT molecular complexity index is 798. The lowest BCUT2D eigenvalue weighted by Crippen LogP contribution is -2.33. The second-order valence-corrected chi connectivity index (χ2v) is 6.93. The zero-order valence-corrected chi connectivity index (χ0v) is 13.7. The van der Waals surface area contributed by atoms with Crippen LogP contribution in [0.3, 0.4) is 0 Å². The van der Waals surface area contributed by atoms with Gasteiger partial charge in [-0.1, -0.05) is 13.8 Å². The van der Waals surface area contributed by atoms with E-state index in [1.807, 2.05) is 19.9 Å². The molecule has 0 saturated carbocycles. The third-order valence-corrected chi connectivity index (χ3v) is 4.38. The maximum atomic E-state index is 12.7. The molecule has 6 nitrogen and oxygen atoms in total. The number of carbonyl (C=O) groups excluding carboxylic acids is 1. The number of nitrogens with zero attached hydrogens (tertiary/aromatic N) is 3. The molecule has 1 aliphatic heterocycles. The fourth-order valence-electron chi connectivity index (χ4n) is 3.36. The highest BCUT2D eigenvalue weighted by molar-refractivity contribution is 6.00. The number of hydrogen-bond acceptors (Lipinski definition) is 5. The van der Waals surface area contributed by atoms with E-state index in [-0.39, 0.29) is 29.2 Å². The van der Waals surface area contributed by atoms with Crippen LogP contribution in [-0.4, -0.2) is 22.2 Å². The highest BCUT2D eigenvalue weighted by Gasteiger charge is 2.43.